The first-order valence-corrected chi connectivity index (χ1v) is 8.11. The summed E-state index contributed by atoms with van der Waals surface area (Å²) in [6, 6.07) is 7.28. The molecule has 0 aliphatic carbocycles. The lowest BCUT2D eigenvalue weighted by Crippen LogP contribution is -2.42. The molecule has 1 aliphatic heterocycles. The minimum atomic E-state index is -3.57. The number of ether oxygens (including phenoxy) is 1. The van der Waals surface area contributed by atoms with Gasteiger partial charge in [-0.2, -0.15) is 13.1 Å². The smallest absolute Gasteiger partial charge is 0.301 e. The van der Waals surface area contributed by atoms with Crippen LogP contribution in [-0.4, -0.2) is 35.2 Å². The number of benzene rings is 1. The van der Waals surface area contributed by atoms with E-state index < -0.39 is 10.2 Å². The maximum atomic E-state index is 12.4. The molecule has 0 aromatic heterocycles. The molecule has 0 amide bonds. The van der Waals surface area contributed by atoms with E-state index in [9.17, 15) is 8.42 Å². The average molecular weight is 299 g/mol. The van der Waals surface area contributed by atoms with Gasteiger partial charge < -0.3 is 10.5 Å². The zero-order valence-electron chi connectivity index (χ0n) is 11.6. The lowest BCUT2D eigenvalue weighted by molar-refractivity contribution is 0.204. The molecule has 1 aromatic carbocycles. The predicted molar refractivity (Wildman–Crippen MR) is 78.7 cm³/mol. The normalized spacial score (nSPS) is 19.5. The van der Waals surface area contributed by atoms with Crippen molar-refractivity contribution in [2.75, 3.05) is 31.1 Å². The van der Waals surface area contributed by atoms with Crippen LogP contribution in [0, 0.1) is 0 Å². The summed E-state index contributed by atoms with van der Waals surface area (Å²) in [6.45, 7) is 1.03. The van der Waals surface area contributed by atoms with E-state index in [0.29, 0.717) is 18.8 Å². The summed E-state index contributed by atoms with van der Waals surface area (Å²) in [7, 11) is -2.03. The third-order valence-electron chi connectivity index (χ3n) is 3.36. The van der Waals surface area contributed by atoms with Gasteiger partial charge in [0.2, 0.25) is 0 Å². The van der Waals surface area contributed by atoms with Crippen molar-refractivity contribution < 1.29 is 13.2 Å². The topological polar surface area (TPSA) is 84.7 Å². The number of nitrogens with zero attached hydrogens (tertiary/aromatic N) is 1. The van der Waals surface area contributed by atoms with Gasteiger partial charge in [0.15, 0.2) is 0 Å². The monoisotopic (exact) mass is 299 g/mol. The quantitative estimate of drug-likeness (QED) is 0.786. The molecule has 1 heterocycles. The Labute approximate surface area is 120 Å². The predicted octanol–water partition coefficient (Wildman–Crippen LogP) is 0.767. The van der Waals surface area contributed by atoms with Crippen molar-refractivity contribution in [3.8, 4) is 0 Å². The molecule has 0 spiro atoms. The van der Waals surface area contributed by atoms with E-state index in [1.54, 1.807) is 6.07 Å². The summed E-state index contributed by atoms with van der Waals surface area (Å²) >= 11 is 0. The molecule has 1 atom stereocenters. The van der Waals surface area contributed by atoms with Gasteiger partial charge in [0.25, 0.3) is 0 Å². The highest BCUT2D eigenvalue weighted by Crippen LogP contribution is 2.32. The van der Waals surface area contributed by atoms with Crippen molar-refractivity contribution in [1.82, 2.24) is 4.72 Å². The van der Waals surface area contributed by atoms with Gasteiger partial charge in [0.05, 0.1) is 12.3 Å². The van der Waals surface area contributed by atoms with Gasteiger partial charge in [0.1, 0.15) is 0 Å². The standard InChI is InChI=1S/C13H21N3O3S/c1-19-10-8-15-20(17,18)16-9-4-6-12(14)11-5-2-3-7-13(11)16/h2-3,5,7,12,15H,4,6,8-10,14H2,1H3. The van der Waals surface area contributed by atoms with E-state index in [2.05, 4.69) is 4.72 Å². The van der Waals surface area contributed by atoms with Crippen LogP contribution < -0.4 is 14.8 Å². The van der Waals surface area contributed by atoms with Crippen LogP contribution in [0.1, 0.15) is 24.4 Å². The molecular formula is C13H21N3O3S. The maximum Gasteiger partial charge on any atom is 0.301 e. The molecular weight excluding hydrogens is 278 g/mol. The van der Waals surface area contributed by atoms with Gasteiger partial charge in [-0.15, -0.1) is 0 Å². The average Bonchev–Trinajstić information content (AvgIpc) is 2.59. The molecule has 1 unspecified atom stereocenters. The summed E-state index contributed by atoms with van der Waals surface area (Å²) < 4.78 is 33.6. The van der Waals surface area contributed by atoms with Crippen LogP contribution in [0.2, 0.25) is 0 Å². The largest absolute Gasteiger partial charge is 0.383 e. The Morgan fingerprint density at radius 2 is 2.20 bits per heavy atom. The van der Waals surface area contributed by atoms with Gasteiger partial charge in [-0.3, -0.25) is 4.31 Å². The molecule has 0 radical (unpaired) electrons. The Kier molecular flexibility index (Phi) is 4.98. The van der Waals surface area contributed by atoms with Crippen molar-refractivity contribution in [3.63, 3.8) is 0 Å². The lowest BCUT2D eigenvalue weighted by Gasteiger charge is -2.25. The molecule has 112 valence electrons. The Morgan fingerprint density at radius 3 is 2.95 bits per heavy atom. The Morgan fingerprint density at radius 1 is 1.45 bits per heavy atom. The SMILES string of the molecule is COCCNS(=O)(=O)N1CCCC(N)c2ccccc21. The van der Waals surface area contributed by atoms with Crippen LogP contribution in [0.25, 0.3) is 0 Å². The van der Waals surface area contributed by atoms with E-state index in [4.69, 9.17) is 10.5 Å². The number of hydrogen-bond donors (Lipinski definition) is 2. The first kappa shape index (κ1) is 15.2. The number of nitrogens with two attached hydrogens (primary N) is 1. The minimum absolute atomic E-state index is 0.120. The van der Waals surface area contributed by atoms with Crippen molar-refractivity contribution >= 4 is 15.9 Å². The molecule has 0 bridgehead atoms. The van der Waals surface area contributed by atoms with Crippen molar-refractivity contribution in [2.24, 2.45) is 5.73 Å². The van der Waals surface area contributed by atoms with E-state index in [1.165, 1.54) is 11.4 Å². The Balaban J connectivity index is 2.29. The molecule has 2 rings (SSSR count). The molecule has 20 heavy (non-hydrogen) atoms. The molecule has 7 heteroatoms. The number of fused-ring (bicyclic) bond motifs is 1. The Hall–Kier alpha value is -1.15. The van der Waals surface area contributed by atoms with Crippen LogP contribution in [0.4, 0.5) is 5.69 Å². The van der Waals surface area contributed by atoms with Crippen LogP contribution in [0.5, 0.6) is 0 Å². The fraction of sp³-hybridized carbons (Fsp3) is 0.538. The van der Waals surface area contributed by atoms with Crippen molar-refractivity contribution in [2.45, 2.75) is 18.9 Å². The third kappa shape index (κ3) is 3.29. The van der Waals surface area contributed by atoms with E-state index in [1.807, 2.05) is 18.2 Å². The van der Waals surface area contributed by atoms with Gasteiger partial charge in [-0.25, -0.2) is 0 Å². The highest BCUT2D eigenvalue weighted by atomic mass is 32.2. The first-order valence-electron chi connectivity index (χ1n) is 6.67. The summed E-state index contributed by atoms with van der Waals surface area (Å²) in [4.78, 5) is 0. The Bertz CT molecular complexity index is 548. The van der Waals surface area contributed by atoms with Gasteiger partial charge in [0, 0.05) is 26.2 Å². The van der Waals surface area contributed by atoms with E-state index in [-0.39, 0.29) is 12.6 Å². The van der Waals surface area contributed by atoms with Crippen LogP contribution in [0.3, 0.4) is 0 Å². The molecule has 6 nitrogen and oxygen atoms in total. The second-order valence-corrected chi connectivity index (χ2v) is 6.45. The van der Waals surface area contributed by atoms with Crippen molar-refractivity contribution in [1.29, 1.82) is 0 Å². The molecule has 3 N–H and O–H groups in total. The van der Waals surface area contributed by atoms with E-state index in [0.717, 1.165) is 18.4 Å². The van der Waals surface area contributed by atoms with Crippen LogP contribution in [0.15, 0.2) is 24.3 Å². The van der Waals surface area contributed by atoms with Crippen LogP contribution >= 0.6 is 0 Å². The zero-order chi connectivity index (χ0) is 14.6. The number of methoxy groups -OCH3 is 1. The number of nitrogens with one attached hydrogen (secondary N) is 1. The maximum absolute atomic E-state index is 12.4. The number of para-hydroxylation sites is 1. The highest BCUT2D eigenvalue weighted by Gasteiger charge is 2.28. The lowest BCUT2D eigenvalue weighted by atomic mass is 10.0. The van der Waals surface area contributed by atoms with Crippen LogP contribution in [-0.2, 0) is 14.9 Å². The fourth-order valence-corrected chi connectivity index (χ4v) is 3.65. The zero-order valence-corrected chi connectivity index (χ0v) is 12.4. The fourth-order valence-electron chi connectivity index (χ4n) is 2.36. The van der Waals surface area contributed by atoms with Gasteiger partial charge in [-0.05, 0) is 24.5 Å². The molecule has 0 saturated carbocycles. The third-order valence-corrected chi connectivity index (χ3v) is 4.89. The minimum Gasteiger partial charge on any atom is -0.383 e. The second-order valence-electron chi connectivity index (χ2n) is 4.77. The number of rotatable bonds is 5. The number of anilines is 1. The molecule has 0 saturated heterocycles. The summed E-state index contributed by atoms with van der Waals surface area (Å²) in [5.41, 5.74) is 7.66. The first-order chi connectivity index (χ1) is 9.56. The highest BCUT2D eigenvalue weighted by molar-refractivity contribution is 7.90. The van der Waals surface area contributed by atoms with Gasteiger partial charge >= 0.3 is 10.2 Å². The second kappa shape index (κ2) is 6.53. The van der Waals surface area contributed by atoms with Gasteiger partial charge in [-0.1, -0.05) is 18.2 Å². The molecule has 1 aliphatic rings. The van der Waals surface area contributed by atoms with Crippen molar-refractivity contribution in [3.05, 3.63) is 29.8 Å². The summed E-state index contributed by atoms with van der Waals surface area (Å²) in [5, 5.41) is 0. The summed E-state index contributed by atoms with van der Waals surface area (Å²) in [5.74, 6) is 0. The summed E-state index contributed by atoms with van der Waals surface area (Å²) in [6.07, 6.45) is 1.52. The molecule has 1 aromatic rings. The number of hydrogen-bond acceptors (Lipinski definition) is 4. The van der Waals surface area contributed by atoms with E-state index >= 15 is 0 Å². The molecule has 0 fully saturated rings.